The summed E-state index contributed by atoms with van der Waals surface area (Å²) in [6.07, 6.45) is 0. The zero-order chi connectivity index (χ0) is 17.0. The molecular weight excluding hydrogens is 316 g/mol. The van der Waals surface area contributed by atoms with Crippen LogP contribution in [-0.2, 0) is 0 Å². The topological polar surface area (TPSA) is 76.1 Å². The zero-order valence-corrected chi connectivity index (χ0v) is 14.2. The first-order valence-electron chi connectivity index (χ1n) is 7.16. The Morgan fingerprint density at radius 1 is 1.26 bits per heavy atom. The predicted molar refractivity (Wildman–Crippen MR) is 91.5 cm³/mol. The van der Waals surface area contributed by atoms with Crippen molar-refractivity contribution in [3.8, 4) is 5.75 Å². The van der Waals surface area contributed by atoms with E-state index in [0.29, 0.717) is 28.1 Å². The second-order valence-corrected chi connectivity index (χ2v) is 5.73. The second-order valence-electron chi connectivity index (χ2n) is 5.32. The van der Waals surface area contributed by atoms with Gasteiger partial charge in [0.2, 0.25) is 5.95 Å². The van der Waals surface area contributed by atoms with Crippen molar-refractivity contribution in [3.05, 3.63) is 40.7 Å². The van der Waals surface area contributed by atoms with Crippen molar-refractivity contribution in [2.45, 2.75) is 26.8 Å². The molecule has 0 aliphatic rings. The molecule has 2 N–H and O–H groups in total. The SMILES string of the molecule is COc1ccc(NC(=O)c2cc(C)nc(NC(C)C)n2)cc1Cl. The van der Waals surface area contributed by atoms with Gasteiger partial charge in [-0.3, -0.25) is 4.79 Å². The Labute approximate surface area is 140 Å². The maximum atomic E-state index is 12.4. The molecule has 0 saturated heterocycles. The highest BCUT2D eigenvalue weighted by Crippen LogP contribution is 2.27. The molecule has 2 aromatic rings. The Kier molecular flexibility index (Phi) is 5.39. The number of aromatic nitrogens is 2. The van der Waals surface area contributed by atoms with E-state index in [1.807, 2.05) is 20.8 Å². The number of halogens is 1. The van der Waals surface area contributed by atoms with Crippen molar-refractivity contribution >= 4 is 29.1 Å². The predicted octanol–water partition coefficient (Wildman–Crippen LogP) is 3.52. The van der Waals surface area contributed by atoms with Gasteiger partial charge in [0.1, 0.15) is 11.4 Å². The van der Waals surface area contributed by atoms with Gasteiger partial charge in [-0.2, -0.15) is 0 Å². The van der Waals surface area contributed by atoms with Crippen LogP contribution in [0.5, 0.6) is 5.75 Å². The molecule has 0 fully saturated rings. The normalized spacial score (nSPS) is 10.5. The number of ether oxygens (including phenoxy) is 1. The number of carbonyl (C=O) groups is 1. The third-order valence-corrected chi connectivity index (χ3v) is 3.21. The number of carbonyl (C=O) groups excluding carboxylic acids is 1. The lowest BCUT2D eigenvalue weighted by Crippen LogP contribution is -2.18. The number of anilines is 2. The number of amides is 1. The average Bonchev–Trinajstić information content (AvgIpc) is 2.46. The Balaban J connectivity index is 2.20. The Morgan fingerprint density at radius 2 is 2.00 bits per heavy atom. The fourth-order valence-corrected chi connectivity index (χ4v) is 2.20. The molecule has 0 aliphatic carbocycles. The molecule has 1 heterocycles. The van der Waals surface area contributed by atoms with Crippen LogP contribution in [0.3, 0.4) is 0 Å². The van der Waals surface area contributed by atoms with Crippen molar-refractivity contribution in [1.82, 2.24) is 9.97 Å². The van der Waals surface area contributed by atoms with E-state index in [9.17, 15) is 4.79 Å². The van der Waals surface area contributed by atoms with Crippen LogP contribution in [0.2, 0.25) is 5.02 Å². The minimum Gasteiger partial charge on any atom is -0.495 e. The van der Waals surface area contributed by atoms with E-state index in [0.717, 1.165) is 0 Å². The van der Waals surface area contributed by atoms with E-state index < -0.39 is 0 Å². The van der Waals surface area contributed by atoms with E-state index in [2.05, 4.69) is 20.6 Å². The molecule has 0 spiro atoms. The lowest BCUT2D eigenvalue weighted by atomic mass is 10.2. The van der Waals surface area contributed by atoms with Gasteiger partial charge in [-0.15, -0.1) is 0 Å². The quantitative estimate of drug-likeness (QED) is 0.875. The molecular formula is C16H19ClN4O2. The van der Waals surface area contributed by atoms with Gasteiger partial charge in [0.25, 0.3) is 5.91 Å². The van der Waals surface area contributed by atoms with Crippen LogP contribution in [0.1, 0.15) is 30.0 Å². The summed E-state index contributed by atoms with van der Waals surface area (Å²) in [6.45, 7) is 5.77. The molecule has 1 amide bonds. The van der Waals surface area contributed by atoms with Crippen LogP contribution in [0, 0.1) is 6.92 Å². The van der Waals surface area contributed by atoms with Gasteiger partial charge in [-0.05, 0) is 45.0 Å². The number of aryl methyl sites for hydroxylation is 1. The van der Waals surface area contributed by atoms with Gasteiger partial charge in [0.05, 0.1) is 12.1 Å². The molecule has 7 heteroatoms. The van der Waals surface area contributed by atoms with Gasteiger partial charge >= 0.3 is 0 Å². The van der Waals surface area contributed by atoms with Gasteiger partial charge in [-0.1, -0.05) is 11.6 Å². The molecule has 0 saturated carbocycles. The Morgan fingerprint density at radius 3 is 2.61 bits per heavy atom. The Bertz CT molecular complexity index is 719. The number of rotatable bonds is 5. The fourth-order valence-electron chi connectivity index (χ4n) is 1.95. The van der Waals surface area contributed by atoms with Crippen molar-refractivity contribution in [3.63, 3.8) is 0 Å². The fraction of sp³-hybridized carbons (Fsp3) is 0.312. The maximum absolute atomic E-state index is 12.4. The minimum atomic E-state index is -0.330. The zero-order valence-electron chi connectivity index (χ0n) is 13.5. The molecule has 0 atom stereocenters. The van der Waals surface area contributed by atoms with Crippen LogP contribution >= 0.6 is 11.6 Å². The first-order valence-corrected chi connectivity index (χ1v) is 7.54. The summed E-state index contributed by atoms with van der Waals surface area (Å²) in [5, 5.41) is 6.27. The van der Waals surface area contributed by atoms with Crippen molar-refractivity contribution in [1.29, 1.82) is 0 Å². The van der Waals surface area contributed by atoms with Crippen LogP contribution in [0.4, 0.5) is 11.6 Å². The van der Waals surface area contributed by atoms with E-state index >= 15 is 0 Å². The van der Waals surface area contributed by atoms with Crippen LogP contribution in [-0.4, -0.2) is 29.0 Å². The highest BCUT2D eigenvalue weighted by molar-refractivity contribution is 6.32. The van der Waals surface area contributed by atoms with E-state index in [-0.39, 0.29) is 17.6 Å². The van der Waals surface area contributed by atoms with E-state index in [1.54, 1.807) is 24.3 Å². The molecule has 0 unspecified atom stereocenters. The monoisotopic (exact) mass is 334 g/mol. The summed E-state index contributed by atoms with van der Waals surface area (Å²) in [4.78, 5) is 20.9. The summed E-state index contributed by atoms with van der Waals surface area (Å²) in [7, 11) is 1.53. The summed E-state index contributed by atoms with van der Waals surface area (Å²) in [6, 6.07) is 6.83. The first kappa shape index (κ1) is 17.0. The highest BCUT2D eigenvalue weighted by atomic mass is 35.5. The largest absolute Gasteiger partial charge is 0.495 e. The van der Waals surface area contributed by atoms with Crippen LogP contribution < -0.4 is 15.4 Å². The number of nitrogens with zero attached hydrogens (tertiary/aromatic N) is 2. The molecule has 6 nitrogen and oxygen atoms in total. The average molecular weight is 335 g/mol. The molecule has 0 radical (unpaired) electrons. The van der Waals surface area contributed by atoms with Gasteiger partial charge in [0.15, 0.2) is 0 Å². The third kappa shape index (κ3) is 4.56. The van der Waals surface area contributed by atoms with E-state index in [4.69, 9.17) is 16.3 Å². The molecule has 23 heavy (non-hydrogen) atoms. The van der Waals surface area contributed by atoms with E-state index in [1.165, 1.54) is 7.11 Å². The summed E-state index contributed by atoms with van der Waals surface area (Å²) < 4.78 is 5.08. The summed E-state index contributed by atoms with van der Waals surface area (Å²) in [5.74, 6) is 0.646. The van der Waals surface area contributed by atoms with Crippen LogP contribution in [0.25, 0.3) is 0 Å². The Hall–Kier alpha value is -2.34. The highest BCUT2D eigenvalue weighted by Gasteiger charge is 2.12. The van der Waals surface area contributed by atoms with Crippen molar-refractivity contribution in [2.75, 3.05) is 17.7 Å². The minimum absolute atomic E-state index is 0.174. The molecule has 1 aromatic carbocycles. The maximum Gasteiger partial charge on any atom is 0.274 e. The smallest absolute Gasteiger partial charge is 0.274 e. The van der Waals surface area contributed by atoms with Crippen molar-refractivity contribution in [2.24, 2.45) is 0 Å². The number of benzene rings is 1. The summed E-state index contributed by atoms with van der Waals surface area (Å²) >= 11 is 6.05. The third-order valence-electron chi connectivity index (χ3n) is 2.91. The second kappa shape index (κ2) is 7.28. The molecule has 1 aromatic heterocycles. The summed E-state index contributed by atoms with van der Waals surface area (Å²) in [5.41, 5.74) is 1.56. The number of hydrogen-bond donors (Lipinski definition) is 2. The number of methoxy groups -OCH3 is 1. The molecule has 0 aliphatic heterocycles. The van der Waals surface area contributed by atoms with Gasteiger partial charge in [0, 0.05) is 17.4 Å². The lowest BCUT2D eigenvalue weighted by molar-refractivity contribution is 0.102. The molecule has 0 bridgehead atoms. The molecule has 122 valence electrons. The number of nitrogens with one attached hydrogen (secondary N) is 2. The van der Waals surface area contributed by atoms with Crippen LogP contribution in [0.15, 0.2) is 24.3 Å². The van der Waals surface area contributed by atoms with Gasteiger partial charge < -0.3 is 15.4 Å². The molecule has 2 rings (SSSR count). The standard InChI is InChI=1S/C16H19ClN4O2/c1-9(2)18-16-19-10(3)7-13(21-16)15(22)20-11-5-6-14(23-4)12(17)8-11/h5-9H,1-4H3,(H,20,22)(H,18,19,21). The van der Waals surface area contributed by atoms with Crippen molar-refractivity contribution < 1.29 is 9.53 Å². The number of hydrogen-bond acceptors (Lipinski definition) is 5. The first-order chi connectivity index (χ1) is 10.9. The lowest BCUT2D eigenvalue weighted by Gasteiger charge is -2.11. The van der Waals surface area contributed by atoms with Gasteiger partial charge in [-0.25, -0.2) is 9.97 Å².